The fourth-order valence-corrected chi connectivity index (χ4v) is 3.27. The Kier molecular flexibility index (Phi) is 4.92. The Balaban J connectivity index is 2.11. The first kappa shape index (κ1) is 15.2. The van der Waals surface area contributed by atoms with Gasteiger partial charge in [0.05, 0.1) is 19.8 Å². The van der Waals surface area contributed by atoms with Crippen molar-refractivity contribution in [1.29, 1.82) is 0 Å². The normalized spacial score (nSPS) is 19.4. The molecule has 1 aromatic rings. The molecule has 0 aromatic heterocycles. The summed E-state index contributed by atoms with van der Waals surface area (Å²) < 4.78 is 10.6. The molecule has 1 N–H and O–H groups in total. The van der Waals surface area contributed by atoms with Crippen LogP contribution < -0.4 is 9.47 Å². The zero-order valence-electron chi connectivity index (χ0n) is 12.8. The van der Waals surface area contributed by atoms with Crippen molar-refractivity contribution in [3.8, 4) is 11.5 Å². The molecule has 2 rings (SSSR count). The molecule has 1 atom stereocenters. The highest BCUT2D eigenvalue weighted by molar-refractivity contribution is 5.43. The SMILES string of the molecule is COc1ccc(CC(C)(O)C2CCCCC2)cc1OC. The fourth-order valence-electron chi connectivity index (χ4n) is 3.27. The van der Waals surface area contributed by atoms with Gasteiger partial charge < -0.3 is 14.6 Å². The Hall–Kier alpha value is -1.22. The van der Waals surface area contributed by atoms with Gasteiger partial charge in [0.2, 0.25) is 0 Å². The third kappa shape index (κ3) is 3.45. The lowest BCUT2D eigenvalue weighted by Crippen LogP contribution is -2.38. The number of hydrogen-bond acceptors (Lipinski definition) is 3. The molecule has 3 nitrogen and oxygen atoms in total. The van der Waals surface area contributed by atoms with E-state index in [9.17, 15) is 5.11 Å². The molecule has 0 bridgehead atoms. The number of hydrogen-bond donors (Lipinski definition) is 1. The highest BCUT2D eigenvalue weighted by Crippen LogP contribution is 2.36. The third-order valence-corrected chi connectivity index (χ3v) is 4.49. The second kappa shape index (κ2) is 6.49. The molecule has 0 aliphatic heterocycles. The van der Waals surface area contributed by atoms with E-state index in [1.54, 1.807) is 14.2 Å². The van der Waals surface area contributed by atoms with Gasteiger partial charge in [-0.2, -0.15) is 0 Å². The van der Waals surface area contributed by atoms with Gasteiger partial charge in [0, 0.05) is 6.42 Å². The van der Waals surface area contributed by atoms with Gasteiger partial charge in [-0.3, -0.25) is 0 Å². The monoisotopic (exact) mass is 278 g/mol. The molecule has 0 spiro atoms. The molecule has 0 amide bonds. The topological polar surface area (TPSA) is 38.7 Å². The Morgan fingerprint density at radius 3 is 2.35 bits per heavy atom. The summed E-state index contributed by atoms with van der Waals surface area (Å²) in [6.07, 6.45) is 6.74. The first-order valence-corrected chi connectivity index (χ1v) is 7.50. The van der Waals surface area contributed by atoms with Crippen LogP contribution in [0, 0.1) is 5.92 Å². The van der Waals surface area contributed by atoms with Crippen LogP contribution in [0.3, 0.4) is 0 Å². The Morgan fingerprint density at radius 1 is 1.10 bits per heavy atom. The van der Waals surface area contributed by atoms with Gasteiger partial charge in [-0.1, -0.05) is 25.3 Å². The molecule has 3 heteroatoms. The quantitative estimate of drug-likeness (QED) is 0.894. The largest absolute Gasteiger partial charge is 0.493 e. The van der Waals surface area contributed by atoms with Crippen molar-refractivity contribution in [2.24, 2.45) is 5.92 Å². The van der Waals surface area contributed by atoms with E-state index < -0.39 is 5.60 Å². The lowest BCUT2D eigenvalue weighted by atomic mass is 9.75. The van der Waals surface area contributed by atoms with Gasteiger partial charge in [-0.05, 0) is 43.4 Å². The van der Waals surface area contributed by atoms with Gasteiger partial charge in [-0.15, -0.1) is 0 Å². The van der Waals surface area contributed by atoms with Crippen LogP contribution in [0.2, 0.25) is 0 Å². The maximum absolute atomic E-state index is 10.8. The third-order valence-electron chi connectivity index (χ3n) is 4.49. The Bertz CT molecular complexity index is 434. The summed E-state index contributed by atoms with van der Waals surface area (Å²) >= 11 is 0. The van der Waals surface area contributed by atoms with Crippen LogP contribution in [0.1, 0.15) is 44.6 Å². The van der Waals surface area contributed by atoms with Crippen molar-refractivity contribution in [2.75, 3.05) is 14.2 Å². The Morgan fingerprint density at radius 2 is 1.75 bits per heavy atom. The predicted molar refractivity (Wildman–Crippen MR) is 80.4 cm³/mol. The van der Waals surface area contributed by atoms with Gasteiger partial charge in [0.1, 0.15) is 0 Å². The van der Waals surface area contributed by atoms with Crippen molar-refractivity contribution >= 4 is 0 Å². The smallest absolute Gasteiger partial charge is 0.160 e. The fraction of sp³-hybridized carbons (Fsp3) is 0.647. The van der Waals surface area contributed by atoms with Gasteiger partial charge in [0.15, 0.2) is 11.5 Å². The molecule has 0 radical (unpaired) electrons. The van der Waals surface area contributed by atoms with Gasteiger partial charge in [0.25, 0.3) is 0 Å². The van der Waals surface area contributed by atoms with Crippen LogP contribution >= 0.6 is 0 Å². The summed E-state index contributed by atoms with van der Waals surface area (Å²) in [7, 11) is 3.27. The van der Waals surface area contributed by atoms with E-state index in [2.05, 4.69) is 0 Å². The number of ether oxygens (including phenoxy) is 2. The molecule has 1 aliphatic rings. The van der Waals surface area contributed by atoms with Crippen LogP contribution in [0.15, 0.2) is 18.2 Å². The zero-order valence-corrected chi connectivity index (χ0v) is 12.8. The van der Waals surface area contributed by atoms with E-state index in [1.165, 1.54) is 19.3 Å². The number of benzene rings is 1. The van der Waals surface area contributed by atoms with E-state index in [0.29, 0.717) is 12.3 Å². The van der Waals surface area contributed by atoms with E-state index in [1.807, 2.05) is 25.1 Å². The first-order valence-electron chi connectivity index (χ1n) is 7.50. The molecule has 20 heavy (non-hydrogen) atoms. The van der Waals surface area contributed by atoms with E-state index in [-0.39, 0.29) is 0 Å². The molecule has 1 saturated carbocycles. The van der Waals surface area contributed by atoms with Crippen molar-refractivity contribution in [2.45, 2.75) is 51.0 Å². The van der Waals surface area contributed by atoms with Gasteiger partial charge in [-0.25, -0.2) is 0 Å². The minimum Gasteiger partial charge on any atom is -0.493 e. The number of rotatable bonds is 5. The molecular formula is C17H26O3. The van der Waals surface area contributed by atoms with Crippen molar-refractivity contribution in [3.05, 3.63) is 23.8 Å². The van der Waals surface area contributed by atoms with Crippen molar-refractivity contribution in [1.82, 2.24) is 0 Å². The highest BCUT2D eigenvalue weighted by Gasteiger charge is 2.33. The molecule has 1 unspecified atom stereocenters. The predicted octanol–water partition coefficient (Wildman–Crippen LogP) is 3.58. The van der Waals surface area contributed by atoms with Crippen molar-refractivity contribution in [3.63, 3.8) is 0 Å². The summed E-state index contributed by atoms with van der Waals surface area (Å²) in [5, 5.41) is 10.8. The number of methoxy groups -OCH3 is 2. The van der Waals surface area contributed by atoms with E-state index in [0.717, 1.165) is 29.9 Å². The molecule has 1 fully saturated rings. The summed E-state index contributed by atoms with van der Waals surface area (Å²) in [5.41, 5.74) is 0.457. The van der Waals surface area contributed by atoms with E-state index in [4.69, 9.17) is 9.47 Å². The van der Waals surface area contributed by atoms with Crippen LogP contribution in [-0.2, 0) is 6.42 Å². The molecular weight excluding hydrogens is 252 g/mol. The minimum absolute atomic E-state index is 0.407. The minimum atomic E-state index is -0.639. The molecule has 0 saturated heterocycles. The second-order valence-corrected chi connectivity index (χ2v) is 6.06. The lowest BCUT2D eigenvalue weighted by Gasteiger charge is -2.35. The second-order valence-electron chi connectivity index (χ2n) is 6.06. The van der Waals surface area contributed by atoms with Crippen LogP contribution in [0.25, 0.3) is 0 Å². The lowest BCUT2D eigenvalue weighted by molar-refractivity contribution is -0.0159. The molecule has 112 valence electrons. The van der Waals surface area contributed by atoms with E-state index >= 15 is 0 Å². The molecule has 1 aromatic carbocycles. The van der Waals surface area contributed by atoms with Crippen molar-refractivity contribution < 1.29 is 14.6 Å². The maximum atomic E-state index is 10.8. The highest BCUT2D eigenvalue weighted by atomic mass is 16.5. The maximum Gasteiger partial charge on any atom is 0.160 e. The standard InChI is InChI=1S/C17H26O3/c1-17(18,14-7-5-4-6-8-14)12-13-9-10-15(19-2)16(11-13)20-3/h9-11,14,18H,4-8,12H2,1-3H3. The molecule has 1 aliphatic carbocycles. The number of aliphatic hydroxyl groups is 1. The summed E-state index contributed by atoms with van der Waals surface area (Å²) in [4.78, 5) is 0. The average molecular weight is 278 g/mol. The zero-order chi connectivity index (χ0) is 14.6. The molecule has 0 heterocycles. The summed E-state index contributed by atoms with van der Waals surface area (Å²) in [6, 6.07) is 5.89. The van der Waals surface area contributed by atoms with Crippen LogP contribution in [0.5, 0.6) is 11.5 Å². The average Bonchev–Trinajstić information content (AvgIpc) is 2.47. The Labute approximate surface area is 121 Å². The van der Waals surface area contributed by atoms with Crippen LogP contribution in [0.4, 0.5) is 0 Å². The van der Waals surface area contributed by atoms with Gasteiger partial charge >= 0.3 is 0 Å². The first-order chi connectivity index (χ1) is 9.56. The van der Waals surface area contributed by atoms with Crippen LogP contribution in [-0.4, -0.2) is 24.9 Å². The summed E-state index contributed by atoms with van der Waals surface area (Å²) in [5.74, 6) is 1.86. The summed E-state index contributed by atoms with van der Waals surface area (Å²) in [6.45, 7) is 1.97.